The van der Waals surface area contributed by atoms with Gasteiger partial charge in [0.05, 0.1) is 12.8 Å². The van der Waals surface area contributed by atoms with E-state index in [2.05, 4.69) is 25.8 Å². The van der Waals surface area contributed by atoms with Crippen molar-refractivity contribution in [1.82, 2.24) is 4.98 Å². The normalized spacial score (nSPS) is 14.2. The molecule has 3 nitrogen and oxygen atoms in total. The Morgan fingerprint density at radius 2 is 2.11 bits per heavy atom. The molecule has 0 aliphatic carbocycles. The van der Waals surface area contributed by atoms with Gasteiger partial charge in [0.1, 0.15) is 5.75 Å². The second-order valence-electron chi connectivity index (χ2n) is 5.06. The molecule has 0 bridgehead atoms. The minimum Gasteiger partial charge on any atom is -0.492 e. The lowest BCUT2D eigenvalue weighted by molar-refractivity contribution is 0.250. The van der Waals surface area contributed by atoms with Crippen LogP contribution >= 0.6 is 0 Å². The van der Waals surface area contributed by atoms with Crippen LogP contribution in [0.25, 0.3) is 0 Å². The summed E-state index contributed by atoms with van der Waals surface area (Å²) in [4.78, 5) is 4.39. The zero-order valence-corrected chi connectivity index (χ0v) is 11.9. The van der Waals surface area contributed by atoms with Gasteiger partial charge in [0.15, 0.2) is 0 Å². The zero-order valence-electron chi connectivity index (χ0n) is 11.9. The molecule has 2 unspecified atom stereocenters. The fourth-order valence-electron chi connectivity index (χ4n) is 1.84. The van der Waals surface area contributed by atoms with E-state index in [1.54, 1.807) is 6.20 Å². The second-order valence-corrected chi connectivity index (χ2v) is 5.06. The summed E-state index contributed by atoms with van der Waals surface area (Å²) >= 11 is 0. The van der Waals surface area contributed by atoms with E-state index in [0.29, 0.717) is 5.92 Å². The first-order chi connectivity index (χ1) is 8.65. The van der Waals surface area contributed by atoms with Crippen LogP contribution in [-0.4, -0.2) is 17.6 Å². The van der Waals surface area contributed by atoms with Crippen LogP contribution < -0.4 is 10.5 Å². The lowest BCUT2D eigenvalue weighted by Gasteiger charge is -2.12. The van der Waals surface area contributed by atoms with Gasteiger partial charge < -0.3 is 10.5 Å². The van der Waals surface area contributed by atoms with Crippen molar-refractivity contribution in [2.24, 2.45) is 11.7 Å². The van der Waals surface area contributed by atoms with Crippen molar-refractivity contribution in [1.29, 1.82) is 0 Å². The zero-order chi connectivity index (χ0) is 13.4. The Kier molecular flexibility index (Phi) is 6.73. The third-order valence-electron chi connectivity index (χ3n) is 3.11. The number of nitrogens with two attached hydrogens (primary N) is 1. The molecule has 0 saturated carbocycles. The molecule has 1 aromatic heterocycles. The highest BCUT2D eigenvalue weighted by molar-refractivity contribution is 5.20. The molecule has 0 saturated heterocycles. The summed E-state index contributed by atoms with van der Waals surface area (Å²) in [6.45, 7) is 7.27. The smallest absolute Gasteiger partial charge is 0.137 e. The van der Waals surface area contributed by atoms with Crippen molar-refractivity contribution in [3.63, 3.8) is 0 Å². The van der Waals surface area contributed by atoms with E-state index in [4.69, 9.17) is 10.5 Å². The molecule has 2 atom stereocenters. The topological polar surface area (TPSA) is 48.1 Å². The average molecular weight is 250 g/mol. The quantitative estimate of drug-likeness (QED) is 0.771. The first kappa shape index (κ1) is 15.0. The Hall–Kier alpha value is -1.09. The number of rotatable bonds is 8. The van der Waals surface area contributed by atoms with Gasteiger partial charge in [0.2, 0.25) is 0 Å². The Bertz CT molecular complexity index is 324. The summed E-state index contributed by atoms with van der Waals surface area (Å²) in [5, 5.41) is 0. The molecule has 0 aliphatic heterocycles. The Morgan fingerprint density at radius 3 is 2.67 bits per heavy atom. The number of aromatic nitrogens is 1. The van der Waals surface area contributed by atoms with E-state index in [-0.39, 0.29) is 6.04 Å². The van der Waals surface area contributed by atoms with Gasteiger partial charge in [-0.2, -0.15) is 0 Å². The first-order valence-corrected chi connectivity index (χ1v) is 6.99. The van der Waals surface area contributed by atoms with Crippen LogP contribution in [-0.2, 0) is 6.42 Å². The molecule has 1 aromatic rings. The predicted molar refractivity (Wildman–Crippen MR) is 75.8 cm³/mol. The monoisotopic (exact) mass is 250 g/mol. The number of pyridine rings is 1. The third-order valence-corrected chi connectivity index (χ3v) is 3.11. The number of nitrogens with zero attached hydrogens (tertiary/aromatic N) is 1. The van der Waals surface area contributed by atoms with Crippen LogP contribution in [0.15, 0.2) is 18.3 Å². The van der Waals surface area contributed by atoms with Gasteiger partial charge in [-0.3, -0.25) is 4.98 Å². The number of hydrogen-bond donors (Lipinski definition) is 1. The maximum absolute atomic E-state index is 5.90. The van der Waals surface area contributed by atoms with Crippen LogP contribution in [0.3, 0.4) is 0 Å². The average Bonchev–Trinajstić information content (AvgIpc) is 2.38. The molecular weight excluding hydrogens is 224 g/mol. The van der Waals surface area contributed by atoms with Crippen molar-refractivity contribution in [2.45, 2.75) is 52.5 Å². The highest BCUT2D eigenvalue weighted by atomic mass is 16.5. The summed E-state index contributed by atoms with van der Waals surface area (Å²) in [6, 6.07) is 4.20. The van der Waals surface area contributed by atoms with E-state index in [1.165, 1.54) is 12.8 Å². The molecule has 102 valence electrons. The van der Waals surface area contributed by atoms with Crippen LogP contribution in [0.4, 0.5) is 0 Å². The predicted octanol–water partition coefficient (Wildman–Crippen LogP) is 3.18. The van der Waals surface area contributed by atoms with E-state index < -0.39 is 0 Å². The van der Waals surface area contributed by atoms with Crippen molar-refractivity contribution in [2.75, 3.05) is 6.61 Å². The summed E-state index contributed by atoms with van der Waals surface area (Å²) in [5.41, 5.74) is 6.94. The van der Waals surface area contributed by atoms with Gasteiger partial charge in [-0.25, -0.2) is 0 Å². The molecule has 0 aromatic carbocycles. The lowest BCUT2D eigenvalue weighted by atomic mass is 10.1. The second kappa shape index (κ2) is 8.09. The first-order valence-electron chi connectivity index (χ1n) is 6.99. The molecule has 0 fully saturated rings. The van der Waals surface area contributed by atoms with Gasteiger partial charge in [-0.1, -0.05) is 27.2 Å². The van der Waals surface area contributed by atoms with Crippen LogP contribution in [0.2, 0.25) is 0 Å². The molecule has 3 heteroatoms. The minimum atomic E-state index is 0.203. The van der Waals surface area contributed by atoms with Gasteiger partial charge in [0, 0.05) is 18.2 Å². The fourth-order valence-corrected chi connectivity index (χ4v) is 1.84. The standard InChI is InChI=1S/C15H26N2O/c1-4-6-12(3)11-18-15-8-7-14(17-10-15)9-13(16)5-2/h7-8,10,12-13H,4-6,9,11,16H2,1-3H3. The van der Waals surface area contributed by atoms with Crippen LogP contribution in [0.1, 0.15) is 45.7 Å². The highest BCUT2D eigenvalue weighted by Gasteiger charge is 2.04. The maximum atomic E-state index is 5.90. The van der Waals surface area contributed by atoms with Gasteiger partial charge in [0.25, 0.3) is 0 Å². The van der Waals surface area contributed by atoms with Gasteiger partial charge in [-0.05, 0) is 30.9 Å². The van der Waals surface area contributed by atoms with Crippen molar-refractivity contribution in [3.8, 4) is 5.75 Å². The number of ether oxygens (including phenoxy) is 1. The molecule has 0 aliphatic rings. The summed E-state index contributed by atoms with van der Waals surface area (Å²) in [7, 11) is 0. The summed E-state index contributed by atoms with van der Waals surface area (Å²) in [6.07, 6.45) is 6.03. The number of hydrogen-bond acceptors (Lipinski definition) is 3. The van der Waals surface area contributed by atoms with E-state index in [1.807, 2.05) is 12.1 Å². The highest BCUT2D eigenvalue weighted by Crippen LogP contribution is 2.13. The van der Waals surface area contributed by atoms with Crippen LogP contribution in [0, 0.1) is 5.92 Å². The van der Waals surface area contributed by atoms with Gasteiger partial charge >= 0.3 is 0 Å². The summed E-state index contributed by atoms with van der Waals surface area (Å²) in [5.74, 6) is 1.45. The fraction of sp³-hybridized carbons (Fsp3) is 0.667. The molecular formula is C15H26N2O. The lowest BCUT2D eigenvalue weighted by Crippen LogP contribution is -2.21. The van der Waals surface area contributed by atoms with E-state index in [0.717, 1.165) is 30.9 Å². The molecule has 18 heavy (non-hydrogen) atoms. The molecule has 1 rings (SSSR count). The minimum absolute atomic E-state index is 0.203. The van der Waals surface area contributed by atoms with Crippen LogP contribution in [0.5, 0.6) is 5.75 Å². The molecule has 0 radical (unpaired) electrons. The summed E-state index contributed by atoms with van der Waals surface area (Å²) < 4.78 is 5.71. The maximum Gasteiger partial charge on any atom is 0.137 e. The largest absolute Gasteiger partial charge is 0.492 e. The molecule has 1 heterocycles. The van der Waals surface area contributed by atoms with Crippen molar-refractivity contribution >= 4 is 0 Å². The molecule has 2 N–H and O–H groups in total. The van der Waals surface area contributed by atoms with E-state index in [9.17, 15) is 0 Å². The Labute approximate surface area is 111 Å². The van der Waals surface area contributed by atoms with Gasteiger partial charge in [-0.15, -0.1) is 0 Å². The molecule has 0 amide bonds. The Balaban J connectivity index is 2.40. The third kappa shape index (κ3) is 5.50. The Morgan fingerprint density at radius 1 is 1.33 bits per heavy atom. The van der Waals surface area contributed by atoms with Crippen molar-refractivity contribution in [3.05, 3.63) is 24.0 Å². The van der Waals surface area contributed by atoms with E-state index >= 15 is 0 Å². The van der Waals surface area contributed by atoms with Crippen molar-refractivity contribution < 1.29 is 4.74 Å². The molecule has 0 spiro atoms. The SMILES string of the molecule is CCCC(C)COc1ccc(CC(N)CC)nc1.